The number of fused-ring (bicyclic) bond motifs is 4. The number of likely N-dealkylation sites (tertiary alicyclic amines) is 1. The van der Waals surface area contributed by atoms with Crippen LogP contribution in [0.25, 0.3) is 0 Å². The summed E-state index contributed by atoms with van der Waals surface area (Å²) in [5, 5.41) is 5.85. The summed E-state index contributed by atoms with van der Waals surface area (Å²) in [6, 6.07) is 3.29. The third-order valence-electron chi connectivity index (χ3n) is 6.21. The third kappa shape index (κ3) is 2.75. The molecule has 2 fully saturated rings. The minimum Gasteiger partial charge on any atom is -0.370 e. The zero-order valence-corrected chi connectivity index (χ0v) is 16.0. The van der Waals surface area contributed by atoms with Gasteiger partial charge in [0.25, 0.3) is 0 Å². The molecule has 0 unspecified atom stereocenters. The average Bonchev–Trinajstić information content (AvgIpc) is 3.24. The van der Waals surface area contributed by atoms with Crippen molar-refractivity contribution in [2.24, 2.45) is 17.6 Å². The number of carbonyl (C=O) groups is 4. The first-order valence-corrected chi connectivity index (χ1v) is 9.84. The molecule has 1 aromatic rings. The second kappa shape index (κ2) is 6.91. The highest BCUT2D eigenvalue weighted by Gasteiger charge is 2.70. The monoisotopic (exact) mass is 402 g/mol. The van der Waals surface area contributed by atoms with E-state index in [2.05, 4.69) is 10.6 Å². The molecule has 29 heavy (non-hydrogen) atoms. The van der Waals surface area contributed by atoms with Crippen LogP contribution in [0.5, 0.6) is 0 Å². The number of nitrogens with two attached hydrogens (primary N) is 1. The van der Waals surface area contributed by atoms with E-state index in [0.29, 0.717) is 17.7 Å². The van der Waals surface area contributed by atoms with E-state index < -0.39 is 47.0 Å². The molecule has 0 saturated carbocycles. The van der Waals surface area contributed by atoms with Crippen molar-refractivity contribution in [2.45, 2.75) is 44.2 Å². The fourth-order valence-corrected chi connectivity index (χ4v) is 4.92. The standard InChI is InChI=1S/C20H23FN4O4/c1-2-3-8-25-17(27)15-13(6-7-14(22)26)24-20(16(15)18(25)28)11-9-10(21)4-5-12(11)23-19(20)29/h4-5,9,13,15-16,24H,2-3,6-8H2,1H3,(H2,22,26)(H,23,29)/t13-,15+,16+,20-/m1/s1. The average molecular weight is 402 g/mol. The van der Waals surface area contributed by atoms with Crippen molar-refractivity contribution in [3.63, 3.8) is 0 Å². The van der Waals surface area contributed by atoms with Crippen LogP contribution < -0.4 is 16.4 Å². The van der Waals surface area contributed by atoms with Crippen molar-refractivity contribution in [1.29, 1.82) is 0 Å². The van der Waals surface area contributed by atoms with Crippen LogP contribution in [0.15, 0.2) is 18.2 Å². The number of halogens is 1. The number of hydrogen-bond acceptors (Lipinski definition) is 5. The predicted molar refractivity (Wildman–Crippen MR) is 101 cm³/mol. The van der Waals surface area contributed by atoms with E-state index >= 15 is 0 Å². The maximum absolute atomic E-state index is 14.0. The second-order valence-corrected chi connectivity index (χ2v) is 7.89. The number of carbonyl (C=O) groups excluding carboxylic acids is 4. The van der Waals surface area contributed by atoms with Gasteiger partial charge in [0.15, 0.2) is 0 Å². The Morgan fingerprint density at radius 1 is 1.28 bits per heavy atom. The van der Waals surface area contributed by atoms with Crippen LogP contribution in [-0.2, 0) is 24.7 Å². The Labute approximate surface area is 167 Å². The van der Waals surface area contributed by atoms with Gasteiger partial charge in [-0.15, -0.1) is 0 Å². The Kier molecular flexibility index (Phi) is 4.65. The molecule has 0 aliphatic carbocycles. The molecule has 4 atom stereocenters. The van der Waals surface area contributed by atoms with E-state index in [-0.39, 0.29) is 25.3 Å². The smallest absolute Gasteiger partial charge is 0.250 e. The summed E-state index contributed by atoms with van der Waals surface area (Å²) in [5.74, 6) is -4.16. The Morgan fingerprint density at radius 3 is 2.72 bits per heavy atom. The molecule has 4 amide bonds. The van der Waals surface area contributed by atoms with Crippen LogP contribution in [0.4, 0.5) is 10.1 Å². The maximum Gasteiger partial charge on any atom is 0.250 e. The molecule has 3 aliphatic heterocycles. The van der Waals surface area contributed by atoms with Gasteiger partial charge >= 0.3 is 0 Å². The Morgan fingerprint density at radius 2 is 2.03 bits per heavy atom. The van der Waals surface area contributed by atoms with Crippen molar-refractivity contribution < 1.29 is 23.6 Å². The van der Waals surface area contributed by atoms with Crippen molar-refractivity contribution in [1.82, 2.24) is 10.2 Å². The summed E-state index contributed by atoms with van der Waals surface area (Å²) in [4.78, 5) is 52.0. The number of amides is 4. The summed E-state index contributed by atoms with van der Waals surface area (Å²) in [6.07, 6.45) is 1.66. The Bertz CT molecular complexity index is 920. The highest BCUT2D eigenvalue weighted by molar-refractivity contribution is 6.15. The summed E-state index contributed by atoms with van der Waals surface area (Å²) >= 11 is 0. The molecule has 0 radical (unpaired) electrons. The zero-order chi connectivity index (χ0) is 20.9. The number of unbranched alkanes of at least 4 members (excludes halogenated alkanes) is 1. The first kappa shape index (κ1) is 19.5. The molecule has 0 bridgehead atoms. The molecular formula is C20H23FN4O4. The molecular weight excluding hydrogens is 379 g/mol. The molecule has 4 rings (SSSR count). The van der Waals surface area contributed by atoms with E-state index in [1.54, 1.807) is 0 Å². The van der Waals surface area contributed by atoms with Crippen LogP contribution in [0.1, 0.15) is 38.2 Å². The number of nitrogens with one attached hydrogen (secondary N) is 2. The summed E-state index contributed by atoms with van der Waals surface area (Å²) in [5.41, 5.74) is 4.46. The predicted octanol–water partition coefficient (Wildman–Crippen LogP) is 0.612. The number of nitrogens with zero attached hydrogens (tertiary/aromatic N) is 1. The molecule has 1 spiro atoms. The van der Waals surface area contributed by atoms with Gasteiger partial charge in [0.2, 0.25) is 23.6 Å². The molecule has 4 N–H and O–H groups in total. The number of hydrogen-bond donors (Lipinski definition) is 3. The van der Waals surface area contributed by atoms with Crippen LogP contribution in [-0.4, -0.2) is 41.1 Å². The van der Waals surface area contributed by atoms with Gasteiger partial charge in [-0.2, -0.15) is 0 Å². The van der Waals surface area contributed by atoms with E-state index in [1.165, 1.54) is 23.1 Å². The molecule has 9 heteroatoms. The van der Waals surface area contributed by atoms with E-state index in [0.717, 1.165) is 6.42 Å². The molecule has 2 saturated heterocycles. The fraction of sp³-hybridized carbons (Fsp3) is 0.500. The van der Waals surface area contributed by atoms with Crippen LogP contribution in [0.3, 0.4) is 0 Å². The van der Waals surface area contributed by atoms with Crippen molar-refractivity contribution in [3.8, 4) is 0 Å². The zero-order valence-electron chi connectivity index (χ0n) is 16.0. The summed E-state index contributed by atoms with van der Waals surface area (Å²) in [7, 11) is 0. The fourth-order valence-electron chi connectivity index (χ4n) is 4.92. The van der Waals surface area contributed by atoms with Gasteiger partial charge in [-0.05, 0) is 31.0 Å². The number of rotatable bonds is 6. The normalized spacial score (nSPS) is 30.1. The topological polar surface area (TPSA) is 122 Å². The summed E-state index contributed by atoms with van der Waals surface area (Å²) in [6.45, 7) is 2.23. The third-order valence-corrected chi connectivity index (χ3v) is 6.21. The van der Waals surface area contributed by atoms with E-state index in [4.69, 9.17) is 5.73 Å². The number of benzene rings is 1. The molecule has 3 aliphatic rings. The summed E-state index contributed by atoms with van der Waals surface area (Å²) < 4.78 is 14.0. The molecule has 3 heterocycles. The van der Waals surface area contributed by atoms with Crippen molar-refractivity contribution >= 4 is 29.3 Å². The lowest BCUT2D eigenvalue weighted by Gasteiger charge is -2.29. The lowest BCUT2D eigenvalue weighted by molar-refractivity contribution is -0.143. The van der Waals surface area contributed by atoms with Gasteiger partial charge in [-0.1, -0.05) is 13.3 Å². The molecule has 0 aromatic heterocycles. The first-order valence-electron chi connectivity index (χ1n) is 9.84. The first-order chi connectivity index (χ1) is 13.8. The molecule has 1 aromatic carbocycles. The van der Waals surface area contributed by atoms with Gasteiger partial charge in [0.05, 0.1) is 11.8 Å². The minimum absolute atomic E-state index is 0.00498. The Balaban J connectivity index is 1.81. The number of imide groups is 1. The maximum atomic E-state index is 14.0. The molecule has 8 nitrogen and oxygen atoms in total. The number of primary amides is 1. The van der Waals surface area contributed by atoms with Crippen LogP contribution in [0.2, 0.25) is 0 Å². The van der Waals surface area contributed by atoms with Crippen molar-refractivity contribution in [3.05, 3.63) is 29.6 Å². The van der Waals surface area contributed by atoms with Gasteiger partial charge in [-0.25, -0.2) is 4.39 Å². The van der Waals surface area contributed by atoms with Gasteiger partial charge in [0, 0.05) is 30.3 Å². The van der Waals surface area contributed by atoms with Crippen LogP contribution >= 0.6 is 0 Å². The van der Waals surface area contributed by atoms with Crippen molar-refractivity contribution in [2.75, 3.05) is 11.9 Å². The van der Waals surface area contributed by atoms with Gasteiger partial charge in [-0.3, -0.25) is 29.4 Å². The Hall–Kier alpha value is -2.81. The van der Waals surface area contributed by atoms with E-state index in [9.17, 15) is 23.6 Å². The van der Waals surface area contributed by atoms with Crippen LogP contribution in [0, 0.1) is 17.7 Å². The quantitative estimate of drug-likeness (QED) is 0.602. The van der Waals surface area contributed by atoms with E-state index in [1.807, 2.05) is 6.92 Å². The second-order valence-electron chi connectivity index (χ2n) is 7.89. The minimum atomic E-state index is -1.54. The lowest BCUT2D eigenvalue weighted by Crippen LogP contribution is -2.53. The lowest BCUT2D eigenvalue weighted by atomic mass is 9.76. The SMILES string of the molecule is CCCCN1C(=O)[C@@H]2[C@@H](C1=O)[C@@]1(N[C@@H]2CCC(N)=O)C(=O)Nc2ccc(F)cc21. The molecule has 154 valence electrons. The van der Waals surface area contributed by atoms with Gasteiger partial charge < -0.3 is 11.1 Å². The van der Waals surface area contributed by atoms with Gasteiger partial charge in [0.1, 0.15) is 11.4 Å². The largest absolute Gasteiger partial charge is 0.370 e. The highest BCUT2D eigenvalue weighted by Crippen LogP contribution is 2.53. The highest BCUT2D eigenvalue weighted by atomic mass is 19.1. The number of anilines is 1.